The Kier molecular flexibility index (Phi) is 76.9. The van der Waals surface area contributed by atoms with Crippen LogP contribution in [-0.2, 0) is 14.3 Å². The number of hydrogen-bond acceptors (Lipinski definition) is 5. The monoisotopic (exact) mass is 1260 g/mol. The normalized spacial score (nSPS) is 12.8. The van der Waals surface area contributed by atoms with Crippen LogP contribution in [0, 0.1) is 0 Å². The summed E-state index contributed by atoms with van der Waals surface area (Å²) in [7, 11) is 0. The van der Waals surface area contributed by atoms with E-state index in [1.165, 1.54) is 353 Å². The van der Waals surface area contributed by atoms with Crippen LogP contribution in [0.2, 0.25) is 0 Å². The summed E-state index contributed by atoms with van der Waals surface area (Å²) in [6, 6.07) is -0.630. The lowest BCUT2D eigenvalue weighted by molar-refractivity contribution is -0.143. The minimum absolute atomic E-state index is 0.00589. The van der Waals surface area contributed by atoms with Gasteiger partial charge in [0.1, 0.15) is 0 Å². The molecule has 0 heterocycles. The van der Waals surface area contributed by atoms with Crippen LogP contribution in [0.25, 0.3) is 0 Å². The minimum atomic E-state index is -0.847. The van der Waals surface area contributed by atoms with E-state index in [1.54, 1.807) is 6.08 Å². The molecule has 0 saturated heterocycles. The molecule has 0 fully saturated rings. The number of hydrogen-bond donors (Lipinski definition) is 3. The number of amides is 1. The zero-order valence-corrected chi connectivity index (χ0v) is 60.6. The van der Waals surface area contributed by atoms with Crippen LogP contribution in [0.15, 0.2) is 60.8 Å². The molecule has 528 valence electrons. The van der Waals surface area contributed by atoms with Crippen LogP contribution in [0.4, 0.5) is 0 Å². The van der Waals surface area contributed by atoms with Crippen molar-refractivity contribution in [2.24, 2.45) is 0 Å². The number of rotatable bonds is 76. The van der Waals surface area contributed by atoms with E-state index < -0.39 is 12.1 Å². The zero-order valence-electron chi connectivity index (χ0n) is 60.6. The second-order valence-electron chi connectivity index (χ2n) is 27.7. The molecule has 0 aliphatic rings. The van der Waals surface area contributed by atoms with Crippen LogP contribution in [0.1, 0.15) is 438 Å². The number of carbonyl (C=O) groups excluding carboxylic acids is 2. The number of ether oxygens (including phenoxy) is 1. The third-order valence-corrected chi connectivity index (χ3v) is 18.8. The van der Waals surface area contributed by atoms with Crippen LogP contribution in [0.5, 0.6) is 0 Å². The Labute approximate surface area is 562 Å². The van der Waals surface area contributed by atoms with Crippen LogP contribution < -0.4 is 5.32 Å². The Bertz CT molecular complexity index is 1550. The predicted octanol–water partition coefficient (Wildman–Crippen LogP) is 26.9. The molecule has 1 amide bonds. The lowest BCUT2D eigenvalue weighted by atomic mass is 10.0. The summed E-state index contributed by atoms with van der Waals surface area (Å²) in [5.74, 6) is -0.0573. The van der Waals surface area contributed by atoms with Gasteiger partial charge in [-0.3, -0.25) is 9.59 Å². The fraction of sp³-hybridized carbons (Fsp3) is 0.857. The van der Waals surface area contributed by atoms with Crippen molar-refractivity contribution in [2.75, 3.05) is 13.2 Å². The van der Waals surface area contributed by atoms with Gasteiger partial charge in [0.15, 0.2) is 0 Å². The SMILES string of the molecule is CCCCCC/C=C\C/C=C\CCCCCCCCCC(=O)OCCCCCCCCCCC/C=C\C/C=C\CCCCCCCCCCCCCCCCCC(=O)NC(CO)C(O)/C=C/CCCCCCCCCCCCCCCCCCCCCCCC. The molecule has 0 radical (unpaired) electrons. The molecule has 6 heteroatoms. The van der Waals surface area contributed by atoms with Crippen LogP contribution in [-0.4, -0.2) is 47.4 Å². The molecule has 2 atom stereocenters. The summed E-state index contributed by atoms with van der Waals surface area (Å²) in [4.78, 5) is 24.7. The number of aliphatic hydroxyl groups is 2. The molecule has 0 spiro atoms. The van der Waals surface area contributed by atoms with Gasteiger partial charge in [0.2, 0.25) is 5.91 Å². The lowest BCUT2D eigenvalue weighted by Crippen LogP contribution is -2.45. The summed E-state index contributed by atoms with van der Waals surface area (Å²) in [6.45, 7) is 4.92. The van der Waals surface area contributed by atoms with E-state index in [1.807, 2.05) is 6.08 Å². The molecule has 0 saturated carbocycles. The van der Waals surface area contributed by atoms with Gasteiger partial charge in [0.05, 0.1) is 25.4 Å². The van der Waals surface area contributed by atoms with Gasteiger partial charge in [-0.25, -0.2) is 0 Å². The van der Waals surface area contributed by atoms with Crippen molar-refractivity contribution in [3.05, 3.63) is 60.8 Å². The van der Waals surface area contributed by atoms with E-state index in [0.29, 0.717) is 19.4 Å². The zero-order chi connectivity index (χ0) is 64.9. The Morgan fingerprint density at radius 2 is 0.556 bits per heavy atom. The Balaban J connectivity index is 3.42. The first-order valence-corrected chi connectivity index (χ1v) is 40.6. The molecule has 0 aliphatic heterocycles. The largest absolute Gasteiger partial charge is 0.466 e. The Morgan fingerprint density at radius 3 is 0.856 bits per heavy atom. The van der Waals surface area contributed by atoms with Crippen LogP contribution >= 0.6 is 0 Å². The number of esters is 1. The number of unbranched alkanes of at least 4 members (excludes halogenated alkanes) is 57. The van der Waals surface area contributed by atoms with E-state index >= 15 is 0 Å². The van der Waals surface area contributed by atoms with Crippen molar-refractivity contribution in [3.63, 3.8) is 0 Å². The van der Waals surface area contributed by atoms with Gasteiger partial charge in [-0.2, -0.15) is 0 Å². The first-order valence-electron chi connectivity index (χ1n) is 40.6. The third-order valence-electron chi connectivity index (χ3n) is 18.8. The van der Waals surface area contributed by atoms with E-state index in [0.717, 1.165) is 57.8 Å². The quantitative estimate of drug-likeness (QED) is 0.0320. The lowest BCUT2D eigenvalue weighted by Gasteiger charge is -2.20. The Hall–Kier alpha value is -2.44. The molecule has 0 aliphatic carbocycles. The van der Waals surface area contributed by atoms with E-state index in [9.17, 15) is 19.8 Å². The number of nitrogens with one attached hydrogen (secondary N) is 1. The molecule has 0 bridgehead atoms. The highest BCUT2D eigenvalue weighted by atomic mass is 16.5. The van der Waals surface area contributed by atoms with E-state index in [-0.39, 0.29) is 18.5 Å². The number of allylic oxidation sites excluding steroid dienone is 9. The fourth-order valence-corrected chi connectivity index (χ4v) is 12.6. The van der Waals surface area contributed by atoms with Gasteiger partial charge in [-0.15, -0.1) is 0 Å². The van der Waals surface area contributed by atoms with Crippen molar-refractivity contribution < 1.29 is 24.5 Å². The first kappa shape index (κ1) is 87.6. The fourth-order valence-electron chi connectivity index (χ4n) is 12.6. The maximum absolute atomic E-state index is 12.6. The highest BCUT2D eigenvalue weighted by Gasteiger charge is 2.18. The number of aliphatic hydroxyl groups excluding tert-OH is 2. The standard InChI is InChI=1S/C84H157NO5/c1-3-5-7-9-11-13-15-17-19-21-23-24-25-35-38-41-44-48-52-56-60-64-68-72-76-82(87)81(80-86)85-83(88)77-73-69-65-61-57-53-49-45-42-39-36-33-31-29-27-26-28-30-32-34-37-40-43-47-51-55-59-63-67-71-75-79-90-84(89)78-74-70-66-62-58-54-50-46-22-20-18-16-14-12-10-8-6-4-2/h14,16,20,22,28,30,34,37,72,76,81-82,86-87H,3-13,15,17-19,21,23-27,29,31-33,35-36,38-71,73-75,77-80H2,1-2H3,(H,85,88)/b16-14-,22-20-,30-28-,37-34-,76-72+. The summed E-state index contributed by atoms with van der Waals surface area (Å²) in [5, 5.41) is 23.3. The molecule has 2 unspecified atom stereocenters. The molecule has 6 nitrogen and oxygen atoms in total. The maximum atomic E-state index is 12.6. The molecule has 90 heavy (non-hydrogen) atoms. The third kappa shape index (κ3) is 74.6. The van der Waals surface area contributed by atoms with E-state index in [2.05, 4.69) is 67.8 Å². The second-order valence-corrected chi connectivity index (χ2v) is 27.7. The van der Waals surface area contributed by atoms with Crippen molar-refractivity contribution in [3.8, 4) is 0 Å². The number of carbonyl (C=O) groups is 2. The van der Waals surface area contributed by atoms with Crippen molar-refractivity contribution in [2.45, 2.75) is 450 Å². The van der Waals surface area contributed by atoms with Gasteiger partial charge in [-0.05, 0) is 96.3 Å². The highest BCUT2D eigenvalue weighted by molar-refractivity contribution is 5.76. The summed E-state index contributed by atoms with van der Waals surface area (Å²) in [5.41, 5.74) is 0. The van der Waals surface area contributed by atoms with Gasteiger partial charge in [0, 0.05) is 12.8 Å². The average molecular weight is 1260 g/mol. The van der Waals surface area contributed by atoms with Gasteiger partial charge in [-0.1, -0.05) is 389 Å². The van der Waals surface area contributed by atoms with Crippen molar-refractivity contribution in [1.29, 1.82) is 0 Å². The maximum Gasteiger partial charge on any atom is 0.305 e. The van der Waals surface area contributed by atoms with Crippen LogP contribution in [0.3, 0.4) is 0 Å². The van der Waals surface area contributed by atoms with Gasteiger partial charge < -0.3 is 20.3 Å². The predicted molar refractivity (Wildman–Crippen MR) is 398 cm³/mol. The smallest absolute Gasteiger partial charge is 0.305 e. The van der Waals surface area contributed by atoms with E-state index in [4.69, 9.17) is 4.74 Å². The highest BCUT2D eigenvalue weighted by Crippen LogP contribution is 2.19. The van der Waals surface area contributed by atoms with Crippen molar-refractivity contribution in [1.82, 2.24) is 5.32 Å². The average Bonchev–Trinajstić information content (AvgIpc) is 3.72. The molecular formula is C84H157NO5. The first-order chi connectivity index (χ1) is 44.5. The summed E-state index contributed by atoms with van der Waals surface area (Å²) in [6.07, 6.45) is 106. The van der Waals surface area contributed by atoms with Crippen molar-refractivity contribution >= 4 is 11.9 Å². The second kappa shape index (κ2) is 79.0. The molecule has 0 aromatic heterocycles. The molecule has 0 aromatic carbocycles. The topological polar surface area (TPSA) is 95.9 Å². The van der Waals surface area contributed by atoms with Gasteiger partial charge >= 0.3 is 5.97 Å². The minimum Gasteiger partial charge on any atom is -0.466 e. The molecule has 3 N–H and O–H groups in total. The molecule has 0 aromatic rings. The summed E-state index contributed by atoms with van der Waals surface area (Å²) >= 11 is 0. The Morgan fingerprint density at radius 1 is 0.311 bits per heavy atom. The molecular weight excluding hydrogens is 1100 g/mol. The van der Waals surface area contributed by atoms with Gasteiger partial charge in [0.25, 0.3) is 0 Å². The summed E-state index contributed by atoms with van der Waals surface area (Å²) < 4.78 is 5.50. The molecule has 0 rings (SSSR count).